The second kappa shape index (κ2) is 7.91. The SMILES string of the molecule is COc1cc(/C=C/C(=O)N[C@@H]2c3ccccc3C[C@H]2F)ccc1-n1cnc(C)c1. The topological polar surface area (TPSA) is 56.1 Å². The van der Waals surface area contributed by atoms with E-state index in [0.717, 1.165) is 28.1 Å². The molecule has 3 aromatic rings. The van der Waals surface area contributed by atoms with Crippen LogP contribution in [-0.4, -0.2) is 28.7 Å². The van der Waals surface area contributed by atoms with Crippen molar-refractivity contribution >= 4 is 12.0 Å². The smallest absolute Gasteiger partial charge is 0.244 e. The van der Waals surface area contributed by atoms with E-state index >= 15 is 0 Å². The maximum Gasteiger partial charge on any atom is 0.244 e. The molecule has 0 bridgehead atoms. The molecule has 1 amide bonds. The molecule has 1 heterocycles. The van der Waals surface area contributed by atoms with E-state index in [2.05, 4.69) is 10.3 Å². The molecule has 0 spiro atoms. The average Bonchev–Trinajstić information content (AvgIpc) is 3.29. The molecule has 0 fully saturated rings. The monoisotopic (exact) mass is 391 g/mol. The number of alkyl halides is 1. The first kappa shape index (κ1) is 18.9. The number of ether oxygens (including phenoxy) is 1. The third-order valence-corrected chi connectivity index (χ3v) is 5.09. The summed E-state index contributed by atoms with van der Waals surface area (Å²) in [7, 11) is 1.60. The number of hydrogen-bond donors (Lipinski definition) is 1. The summed E-state index contributed by atoms with van der Waals surface area (Å²) in [5, 5.41) is 2.78. The van der Waals surface area contributed by atoms with Crippen molar-refractivity contribution in [2.75, 3.05) is 7.11 Å². The Morgan fingerprint density at radius 2 is 2.14 bits per heavy atom. The maximum absolute atomic E-state index is 14.3. The largest absolute Gasteiger partial charge is 0.495 e. The van der Waals surface area contributed by atoms with Crippen molar-refractivity contribution in [3.8, 4) is 11.4 Å². The molecule has 1 aliphatic carbocycles. The summed E-state index contributed by atoms with van der Waals surface area (Å²) in [6.07, 6.45) is 5.97. The fourth-order valence-electron chi connectivity index (χ4n) is 3.65. The van der Waals surface area contributed by atoms with Crippen molar-refractivity contribution in [1.29, 1.82) is 0 Å². The molecule has 1 aromatic heterocycles. The van der Waals surface area contributed by atoms with Gasteiger partial charge < -0.3 is 14.6 Å². The summed E-state index contributed by atoms with van der Waals surface area (Å²) in [6.45, 7) is 1.92. The summed E-state index contributed by atoms with van der Waals surface area (Å²) >= 11 is 0. The van der Waals surface area contributed by atoms with Gasteiger partial charge in [0, 0.05) is 18.7 Å². The molecule has 2 aromatic carbocycles. The number of amides is 1. The van der Waals surface area contributed by atoms with E-state index in [0.29, 0.717) is 12.2 Å². The molecule has 2 atom stereocenters. The van der Waals surface area contributed by atoms with Crippen LogP contribution in [0.1, 0.15) is 28.4 Å². The molecule has 29 heavy (non-hydrogen) atoms. The summed E-state index contributed by atoms with van der Waals surface area (Å²) in [5.41, 5.74) is 4.37. The highest BCUT2D eigenvalue weighted by molar-refractivity contribution is 5.92. The predicted molar refractivity (Wildman–Crippen MR) is 110 cm³/mol. The third kappa shape index (κ3) is 3.92. The number of nitrogens with zero attached hydrogens (tertiary/aromatic N) is 2. The zero-order valence-electron chi connectivity index (χ0n) is 16.3. The molecule has 0 radical (unpaired) electrons. The lowest BCUT2D eigenvalue weighted by Gasteiger charge is -2.15. The number of imidazole rings is 1. The minimum absolute atomic E-state index is 0.331. The van der Waals surface area contributed by atoms with Gasteiger partial charge in [0.2, 0.25) is 5.91 Å². The van der Waals surface area contributed by atoms with Crippen LogP contribution in [0.15, 0.2) is 61.1 Å². The van der Waals surface area contributed by atoms with Gasteiger partial charge >= 0.3 is 0 Å². The first-order valence-electron chi connectivity index (χ1n) is 9.44. The van der Waals surface area contributed by atoms with E-state index in [1.165, 1.54) is 6.08 Å². The van der Waals surface area contributed by atoms with E-state index in [4.69, 9.17) is 4.74 Å². The van der Waals surface area contributed by atoms with Gasteiger partial charge in [-0.2, -0.15) is 0 Å². The first-order chi connectivity index (χ1) is 14.0. The molecule has 0 saturated heterocycles. The average molecular weight is 391 g/mol. The number of benzene rings is 2. The minimum Gasteiger partial charge on any atom is -0.495 e. The standard InChI is InChI=1S/C23H22FN3O2/c1-15-13-27(14-25-15)20-9-7-16(11-21(20)29-2)8-10-22(28)26-23-18-6-4-3-5-17(18)12-19(23)24/h3-11,13-14,19,23H,12H2,1-2H3,(H,26,28)/b10-8+/t19-,23-/m1/s1. The number of carbonyl (C=O) groups excluding carboxylic acids is 1. The van der Waals surface area contributed by atoms with Crippen LogP contribution in [0.25, 0.3) is 11.8 Å². The van der Waals surface area contributed by atoms with Gasteiger partial charge in [-0.15, -0.1) is 0 Å². The lowest BCUT2D eigenvalue weighted by molar-refractivity contribution is -0.117. The van der Waals surface area contributed by atoms with Crippen molar-refractivity contribution in [1.82, 2.24) is 14.9 Å². The van der Waals surface area contributed by atoms with Gasteiger partial charge in [0.1, 0.15) is 11.9 Å². The minimum atomic E-state index is -1.11. The van der Waals surface area contributed by atoms with Crippen molar-refractivity contribution in [3.05, 3.63) is 83.4 Å². The van der Waals surface area contributed by atoms with Crippen LogP contribution in [0.2, 0.25) is 0 Å². The van der Waals surface area contributed by atoms with Gasteiger partial charge in [-0.1, -0.05) is 30.3 Å². The Balaban J connectivity index is 1.48. The van der Waals surface area contributed by atoms with Gasteiger partial charge in [0.25, 0.3) is 0 Å². The summed E-state index contributed by atoms with van der Waals surface area (Å²) in [6, 6.07) is 12.5. The predicted octanol–water partition coefficient (Wildman–Crippen LogP) is 3.95. The van der Waals surface area contributed by atoms with Crippen LogP contribution in [0, 0.1) is 6.92 Å². The molecule has 0 aliphatic heterocycles. The van der Waals surface area contributed by atoms with Gasteiger partial charge in [0.15, 0.2) is 0 Å². The Labute approximate surface area is 168 Å². The zero-order valence-corrected chi connectivity index (χ0v) is 16.3. The van der Waals surface area contributed by atoms with Gasteiger partial charge in [-0.05, 0) is 41.8 Å². The van der Waals surface area contributed by atoms with Crippen LogP contribution >= 0.6 is 0 Å². The van der Waals surface area contributed by atoms with Crippen molar-refractivity contribution in [2.24, 2.45) is 0 Å². The quantitative estimate of drug-likeness (QED) is 0.670. The molecule has 0 saturated carbocycles. The first-order valence-corrected chi connectivity index (χ1v) is 9.44. The fraction of sp³-hybridized carbons (Fsp3) is 0.217. The molecular formula is C23H22FN3O2. The highest BCUT2D eigenvalue weighted by Gasteiger charge is 2.32. The Morgan fingerprint density at radius 1 is 1.31 bits per heavy atom. The maximum atomic E-state index is 14.3. The lowest BCUT2D eigenvalue weighted by Crippen LogP contribution is -2.30. The molecular weight excluding hydrogens is 369 g/mol. The van der Waals surface area contributed by atoms with E-state index in [9.17, 15) is 9.18 Å². The number of methoxy groups -OCH3 is 1. The van der Waals surface area contributed by atoms with Crippen LogP contribution in [0.3, 0.4) is 0 Å². The molecule has 1 aliphatic rings. The lowest BCUT2D eigenvalue weighted by atomic mass is 10.1. The number of aryl methyl sites for hydroxylation is 1. The molecule has 4 rings (SSSR count). The second-order valence-electron chi connectivity index (χ2n) is 7.09. The number of halogens is 1. The Kier molecular flexibility index (Phi) is 5.16. The molecule has 148 valence electrons. The van der Waals surface area contributed by atoms with E-state index in [1.807, 2.05) is 60.2 Å². The number of hydrogen-bond acceptors (Lipinski definition) is 3. The van der Waals surface area contributed by atoms with E-state index in [1.54, 1.807) is 19.5 Å². The van der Waals surface area contributed by atoms with Gasteiger partial charge in [0.05, 0.1) is 30.9 Å². The van der Waals surface area contributed by atoms with Gasteiger partial charge in [-0.3, -0.25) is 4.79 Å². The molecule has 0 unspecified atom stereocenters. The van der Waals surface area contributed by atoms with Gasteiger partial charge in [-0.25, -0.2) is 9.37 Å². The Bertz CT molecular complexity index is 1070. The zero-order chi connectivity index (χ0) is 20.4. The van der Waals surface area contributed by atoms with Crippen LogP contribution in [0.4, 0.5) is 4.39 Å². The number of fused-ring (bicyclic) bond motifs is 1. The van der Waals surface area contributed by atoms with Crippen LogP contribution in [-0.2, 0) is 11.2 Å². The normalized spacial score (nSPS) is 18.0. The Hall–Kier alpha value is -3.41. The number of aromatic nitrogens is 2. The van der Waals surface area contributed by atoms with E-state index in [-0.39, 0.29) is 5.91 Å². The summed E-state index contributed by atoms with van der Waals surface area (Å²) in [4.78, 5) is 16.6. The highest BCUT2D eigenvalue weighted by Crippen LogP contribution is 2.33. The third-order valence-electron chi connectivity index (χ3n) is 5.09. The van der Waals surface area contributed by atoms with Crippen LogP contribution in [0.5, 0.6) is 5.75 Å². The summed E-state index contributed by atoms with van der Waals surface area (Å²) in [5.74, 6) is 0.334. The Morgan fingerprint density at radius 3 is 2.90 bits per heavy atom. The molecule has 1 N–H and O–H groups in total. The summed E-state index contributed by atoms with van der Waals surface area (Å²) < 4.78 is 21.7. The number of rotatable bonds is 5. The number of carbonyl (C=O) groups is 1. The number of nitrogens with one attached hydrogen (secondary N) is 1. The van der Waals surface area contributed by atoms with Crippen molar-refractivity contribution in [3.63, 3.8) is 0 Å². The van der Waals surface area contributed by atoms with Crippen molar-refractivity contribution < 1.29 is 13.9 Å². The van der Waals surface area contributed by atoms with Crippen LogP contribution < -0.4 is 10.1 Å². The second-order valence-corrected chi connectivity index (χ2v) is 7.09. The fourth-order valence-corrected chi connectivity index (χ4v) is 3.65. The van der Waals surface area contributed by atoms with E-state index < -0.39 is 12.2 Å². The molecule has 6 heteroatoms. The highest BCUT2D eigenvalue weighted by atomic mass is 19.1. The molecule has 5 nitrogen and oxygen atoms in total. The van der Waals surface area contributed by atoms with Crippen molar-refractivity contribution in [2.45, 2.75) is 25.6 Å².